The third-order valence-electron chi connectivity index (χ3n) is 3.66. The molecule has 0 N–H and O–H groups in total. The van der Waals surface area contributed by atoms with Crippen molar-refractivity contribution in [2.24, 2.45) is 0 Å². The Morgan fingerprint density at radius 1 is 1.32 bits per heavy atom. The number of hydrogen-bond donors (Lipinski definition) is 0. The third-order valence-corrected chi connectivity index (χ3v) is 3.96. The topological polar surface area (TPSA) is 29.5 Å². The van der Waals surface area contributed by atoms with E-state index in [-0.39, 0.29) is 5.91 Å². The number of carbonyl (C=O) groups is 1. The lowest BCUT2D eigenvalue weighted by molar-refractivity contribution is -0.131. The molecule has 1 fully saturated rings. The van der Waals surface area contributed by atoms with Gasteiger partial charge in [-0.1, -0.05) is 11.6 Å². The van der Waals surface area contributed by atoms with Crippen molar-refractivity contribution >= 4 is 17.5 Å². The van der Waals surface area contributed by atoms with Gasteiger partial charge in [-0.05, 0) is 49.4 Å². The van der Waals surface area contributed by atoms with Crippen LogP contribution in [0.15, 0.2) is 12.1 Å². The molecule has 0 unspecified atom stereocenters. The summed E-state index contributed by atoms with van der Waals surface area (Å²) in [7, 11) is 1.60. The van der Waals surface area contributed by atoms with Crippen LogP contribution in [0.4, 0.5) is 0 Å². The number of nitrogens with zero attached hydrogens (tertiary/aromatic N) is 1. The summed E-state index contributed by atoms with van der Waals surface area (Å²) in [6, 6.07) is 3.73. The number of hydrogen-bond acceptors (Lipinski definition) is 2. The number of aryl methyl sites for hydroxylation is 1. The van der Waals surface area contributed by atoms with Crippen molar-refractivity contribution < 1.29 is 9.53 Å². The molecule has 1 aromatic carbocycles. The monoisotopic (exact) mass is 281 g/mol. The fraction of sp³-hybridized carbons (Fsp3) is 0.533. The van der Waals surface area contributed by atoms with Crippen molar-refractivity contribution in [3.05, 3.63) is 28.3 Å². The SMILES string of the molecule is COc1cc(C)c(CC(=O)N2CCCCC2)cc1Cl. The molecule has 1 aliphatic heterocycles. The highest BCUT2D eigenvalue weighted by atomic mass is 35.5. The zero-order valence-corrected chi connectivity index (χ0v) is 12.3. The van der Waals surface area contributed by atoms with Crippen molar-refractivity contribution in [3.63, 3.8) is 0 Å². The number of halogens is 1. The summed E-state index contributed by atoms with van der Waals surface area (Å²) in [5.74, 6) is 0.859. The predicted octanol–water partition coefficient (Wildman–Crippen LogP) is 3.21. The number of piperidine rings is 1. The van der Waals surface area contributed by atoms with Gasteiger partial charge in [0.25, 0.3) is 0 Å². The Balaban J connectivity index is 2.10. The minimum atomic E-state index is 0.198. The highest BCUT2D eigenvalue weighted by molar-refractivity contribution is 6.32. The largest absolute Gasteiger partial charge is 0.495 e. The number of rotatable bonds is 3. The molecule has 19 heavy (non-hydrogen) atoms. The van der Waals surface area contributed by atoms with E-state index in [1.807, 2.05) is 24.0 Å². The van der Waals surface area contributed by atoms with Crippen LogP contribution < -0.4 is 4.74 Å². The maximum Gasteiger partial charge on any atom is 0.227 e. The first kappa shape index (κ1) is 14.2. The molecular weight excluding hydrogens is 262 g/mol. The Morgan fingerprint density at radius 2 is 2.00 bits per heavy atom. The van der Waals surface area contributed by atoms with E-state index in [2.05, 4.69) is 0 Å². The molecule has 0 radical (unpaired) electrons. The van der Waals surface area contributed by atoms with Gasteiger partial charge in [0.15, 0.2) is 0 Å². The molecule has 1 aromatic rings. The third kappa shape index (κ3) is 3.41. The van der Waals surface area contributed by atoms with Crippen LogP contribution in [-0.4, -0.2) is 31.0 Å². The molecule has 1 saturated heterocycles. The van der Waals surface area contributed by atoms with Crippen LogP contribution in [0.3, 0.4) is 0 Å². The van der Waals surface area contributed by atoms with E-state index >= 15 is 0 Å². The van der Waals surface area contributed by atoms with E-state index < -0.39 is 0 Å². The lowest BCUT2D eigenvalue weighted by Crippen LogP contribution is -2.36. The van der Waals surface area contributed by atoms with Crippen LogP contribution in [0.5, 0.6) is 5.75 Å². The summed E-state index contributed by atoms with van der Waals surface area (Å²) >= 11 is 6.12. The highest BCUT2D eigenvalue weighted by Gasteiger charge is 2.18. The average molecular weight is 282 g/mol. The molecule has 4 heteroatoms. The Kier molecular flexibility index (Phi) is 4.70. The number of amides is 1. The number of likely N-dealkylation sites (tertiary alicyclic amines) is 1. The summed E-state index contributed by atoms with van der Waals surface area (Å²) < 4.78 is 5.17. The molecule has 0 spiro atoms. The van der Waals surface area contributed by atoms with E-state index in [1.165, 1.54) is 6.42 Å². The minimum absolute atomic E-state index is 0.198. The van der Waals surface area contributed by atoms with Gasteiger partial charge in [-0.3, -0.25) is 4.79 Å². The number of carbonyl (C=O) groups excluding carboxylic acids is 1. The Morgan fingerprint density at radius 3 is 2.63 bits per heavy atom. The van der Waals surface area contributed by atoms with Crippen molar-refractivity contribution in [3.8, 4) is 5.75 Å². The van der Waals surface area contributed by atoms with Gasteiger partial charge in [-0.15, -0.1) is 0 Å². The zero-order chi connectivity index (χ0) is 13.8. The Bertz CT molecular complexity index is 467. The van der Waals surface area contributed by atoms with Crippen LogP contribution in [-0.2, 0) is 11.2 Å². The normalized spacial score (nSPS) is 15.4. The van der Waals surface area contributed by atoms with Crippen molar-refractivity contribution in [2.45, 2.75) is 32.6 Å². The fourth-order valence-corrected chi connectivity index (χ4v) is 2.72. The minimum Gasteiger partial charge on any atom is -0.495 e. The summed E-state index contributed by atoms with van der Waals surface area (Å²) in [4.78, 5) is 14.2. The second-order valence-electron chi connectivity index (χ2n) is 5.03. The lowest BCUT2D eigenvalue weighted by Gasteiger charge is -2.27. The molecule has 1 heterocycles. The summed E-state index contributed by atoms with van der Waals surface area (Å²) in [6.45, 7) is 3.77. The first-order chi connectivity index (χ1) is 9.11. The zero-order valence-electron chi connectivity index (χ0n) is 11.5. The van der Waals surface area contributed by atoms with Crippen LogP contribution >= 0.6 is 11.6 Å². The molecule has 0 aliphatic carbocycles. The van der Waals surface area contributed by atoms with Gasteiger partial charge in [0.1, 0.15) is 5.75 Å². The van der Waals surface area contributed by atoms with Gasteiger partial charge in [0, 0.05) is 13.1 Å². The highest BCUT2D eigenvalue weighted by Crippen LogP contribution is 2.28. The van der Waals surface area contributed by atoms with Gasteiger partial charge in [0.05, 0.1) is 18.6 Å². The maximum atomic E-state index is 12.2. The van der Waals surface area contributed by atoms with Crippen LogP contribution in [0, 0.1) is 6.92 Å². The van der Waals surface area contributed by atoms with Crippen LogP contribution in [0.25, 0.3) is 0 Å². The molecule has 0 saturated carbocycles. The molecule has 3 nitrogen and oxygen atoms in total. The molecule has 2 rings (SSSR count). The molecule has 1 aliphatic rings. The van der Waals surface area contributed by atoms with Gasteiger partial charge in [-0.2, -0.15) is 0 Å². The van der Waals surface area contributed by atoms with Crippen LogP contribution in [0.2, 0.25) is 5.02 Å². The number of methoxy groups -OCH3 is 1. The molecule has 0 atom stereocenters. The lowest BCUT2D eigenvalue weighted by atomic mass is 10.0. The first-order valence-corrected chi connectivity index (χ1v) is 7.10. The smallest absolute Gasteiger partial charge is 0.227 e. The number of benzene rings is 1. The van der Waals surface area contributed by atoms with Gasteiger partial charge < -0.3 is 9.64 Å². The quantitative estimate of drug-likeness (QED) is 0.851. The van der Waals surface area contributed by atoms with E-state index in [4.69, 9.17) is 16.3 Å². The molecular formula is C15H20ClNO2. The van der Waals surface area contributed by atoms with Crippen molar-refractivity contribution in [1.29, 1.82) is 0 Å². The maximum absolute atomic E-state index is 12.2. The van der Waals surface area contributed by atoms with E-state index in [0.717, 1.165) is 37.1 Å². The summed E-state index contributed by atoms with van der Waals surface area (Å²) in [6.07, 6.45) is 3.90. The van der Waals surface area contributed by atoms with Gasteiger partial charge >= 0.3 is 0 Å². The Hall–Kier alpha value is -1.22. The number of ether oxygens (including phenoxy) is 1. The second kappa shape index (κ2) is 6.29. The molecule has 0 aromatic heterocycles. The van der Waals surface area contributed by atoms with Crippen molar-refractivity contribution in [2.75, 3.05) is 20.2 Å². The van der Waals surface area contributed by atoms with Crippen molar-refractivity contribution in [1.82, 2.24) is 4.90 Å². The molecule has 0 bridgehead atoms. The van der Waals surface area contributed by atoms with Gasteiger partial charge in [0.2, 0.25) is 5.91 Å². The fourth-order valence-electron chi connectivity index (χ4n) is 2.46. The van der Waals surface area contributed by atoms with E-state index in [1.54, 1.807) is 7.11 Å². The van der Waals surface area contributed by atoms with E-state index in [0.29, 0.717) is 17.2 Å². The molecule has 1 amide bonds. The van der Waals surface area contributed by atoms with Gasteiger partial charge in [-0.25, -0.2) is 0 Å². The van der Waals surface area contributed by atoms with E-state index in [9.17, 15) is 4.79 Å². The predicted molar refractivity (Wildman–Crippen MR) is 76.9 cm³/mol. The first-order valence-electron chi connectivity index (χ1n) is 6.72. The summed E-state index contributed by atoms with van der Waals surface area (Å²) in [5.41, 5.74) is 2.04. The average Bonchev–Trinajstić information content (AvgIpc) is 2.43. The molecule has 104 valence electrons. The summed E-state index contributed by atoms with van der Waals surface area (Å²) in [5, 5.41) is 0.564. The second-order valence-corrected chi connectivity index (χ2v) is 5.44. The Labute approximate surface area is 119 Å². The standard InChI is InChI=1S/C15H20ClNO2/c1-11-8-14(19-2)13(16)9-12(11)10-15(18)17-6-4-3-5-7-17/h8-9H,3-7,10H2,1-2H3. The van der Waals surface area contributed by atoms with Crippen LogP contribution in [0.1, 0.15) is 30.4 Å².